The zero-order valence-corrected chi connectivity index (χ0v) is 15.9. The van der Waals surface area contributed by atoms with Crippen LogP contribution in [0.1, 0.15) is 21.6 Å². The first-order valence-corrected chi connectivity index (χ1v) is 9.15. The van der Waals surface area contributed by atoms with Crippen molar-refractivity contribution in [3.8, 4) is 17.1 Å². The minimum atomic E-state index is -4.47. The Morgan fingerprint density at radius 2 is 1.81 bits per heavy atom. The molecule has 31 heavy (non-hydrogen) atoms. The summed E-state index contributed by atoms with van der Waals surface area (Å²) in [5, 5.41) is 6.97. The highest BCUT2D eigenvalue weighted by molar-refractivity contribution is 5.94. The molecule has 0 spiro atoms. The Balaban J connectivity index is 1.62. The Labute approximate surface area is 173 Å². The SMILES string of the molecule is O=C(NCc1cccc(C(F)(F)F)c1)c1cc(-c2ccco2)nn1-c1ccc(F)cc1. The van der Waals surface area contributed by atoms with Crippen LogP contribution in [0.5, 0.6) is 0 Å². The van der Waals surface area contributed by atoms with E-state index < -0.39 is 23.5 Å². The molecular formula is C22H15F4N3O2. The van der Waals surface area contributed by atoms with Crippen LogP contribution in [-0.4, -0.2) is 15.7 Å². The average Bonchev–Trinajstić information content (AvgIpc) is 3.42. The Morgan fingerprint density at radius 3 is 2.48 bits per heavy atom. The fourth-order valence-corrected chi connectivity index (χ4v) is 3.00. The van der Waals surface area contributed by atoms with Gasteiger partial charge >= 0.3 is 6.18 Å². The van der Waals surface area contributed by atoms with Gasteiger partial charge in [0.1, 0.15) is 17.2 Å². The van der Waals surface area contributed by atoms with Crippen molar-refractivity contribution in [3.63, 3.8) is 0 Å². The molecule has 0 radical (unpaired) electrons. The van der Waals surface area contributed by atoms with Crippen LogP contribution < -0.4 is 5.32 Å². The lowest BCUT2D eigenvalue weighted by molar-refractivity contribution is -0.137. The monoisotopic (exact) mass is 429 g/mol. The number of rotatable bonds is 5. The summed E-state index contributed by atoms with van der Waals surface area (Å²) in [6.07, 6.45) is -3.02. The molecule has 9 heteroatoms. The zero-order chi connectivity index (χ0) is 22.0. The van der Waals surface area contributed by atoms with Gasteiger partial charge in [-0.25, -0.2) is 9.07 Å². The molecular weight excluding hydrogens is 414 g/mol. The Bertz CT molecular complexity index is 1200. The summed E-state index contributed by atoms with van der Waals surface area (Å²) >= 11 is 0. The normalized spacial score (nSPS) is 11.5. The largest absolute Gasteiger partial charge is 0.463 e. The number of nitrogens with one attached hydrogen (secondary N) is 1. The molecule has 0 fully saturated rings. The number of alkyl halides is 3. The molecule has 0 atom stereocenters. The number of hydrogen-bond donors (Lipinski definition) is 1. The number of amides is 1. The van der Waals surface area contributed by atoms with Crippen molar-refractivity contribution in [1.82, 2.24) is 15.1 Å². The number of nitrogens with zero attached hydrogens (tertiary/aromatic N) is 2. The molecule has 4 rings (SSSR count). The molecule has 2 aromatic heterocycles. The summed E-state index contributed by atoms with van der Waals surface area (Å²) in [5.74, 6) is -0.586. The van der Waals surface area contributed by atoms with Crippen LogP contribution in [0.15, 0.2) is 77.4 Å². The Hall–Kier alpha value is -3.88. The van der Waals surface area contributed by atoms with Crippen molar-refractivity contribution < 1.29 is 26.8 Å². The quantitative estimate of drug-likeness (QED) is 0.443. The lowest BCUT2D eigenvalue weighted by atomic mass is 10.1. The predicted octanol–water partition coefficient (Wildman–Crippen LogP) is 5.22. The molecule has 0 bridgehead atoms. The van der Waals surface area contributed by atoms with E-state index in [2.05, 4.69) is 10.4 Å². The lowest BCUT2D eigenvalue weighted by Crippen LogP contribution is -2.25. The minimum Gasteiger partial charge on any atom is -0.463 e. The minimum absolute atomic E-state index is 0.116. The van der Waals surface area contributed by atoms with Crippen LogP contribution >= 0.6 is 0 Å². The Morgan fingerprint density at radius 1 is 1.03 bits per heavy atom. The third-order valence-corrected chi connectivity index (χ3v) is 4.49. The topological polar surface area (TPSA) is 60.1 Å². The second-order valence-corrected chi connectivity index (χ2v) is 6.66. The van der Waals surface area contributed by atoms with Crippen molar-refractivity contribution in [3.05, 3.63) is 95.6 Å². The standard InChI is InChI=1S/C22H15F4N3O2/c23-16-6-8-17(9-7-16)29-19(12-18(28-29)20-5-2-10-31-20)21(30)27-13-14-3-1-4-15(11-14)22(24,25)26/h1-12H,13H2,(H,27,30). The van der Waals surface area contributed by atoms with Crippen molar-refractivity contribution in [1.29, 1.82) is 0 Å². The van der Waals surface area contributed by atoms with Gasteiger partial charge in [0.05, 0.1) is 17.5 Å². The maximum Gasteiger partial charge on any atom is 0.416 e. The highest BCUT2D eigenvalue weighted by Gasteiger charge is 2.30. The van der Waals surface area contributed by atoms with E-state index in [-0.39, 0.29) is 12.2 Å². The molecule has 1 N–H and O–H groups in total. The second-order valence-electron chi connectivity index (χ2n) is 6.66. The smallest absolute Gasteiger partial charge is 0.416 e. The third kappa shape index (κ3) is 4.50. The van der Waals surface area contributed by atoms with Gasteiger partial charge in [0.2, 0.25) is 0 Å². The summed E-state index contributed by atoms with van der Waals surface area (Å²) < 4.78 is 58.7. The first kappa shape index (κ1) is 20.4. The molecule has 0 unspecified atom stereocenters. The first-order chi connectivity index (χ1) is 14.8. The van der Waals surface area contributed by atoms with Crippen LogP contribution in [0.25, 0.3) is 17.1 Å². The van der Waals surface area contributed by atoms with Gasteiger partial charge in [-0.3, -0.25) is 4.79 Å². The number of aromatic nitrogens is 2. The van der Waals surface area contributed by atoms with Crippen molar-refractivity contribution in [2.75, 3.05) is 0 Å². The summed E-state index contributed by atoms with van der Waals surface area (Å²) in [6, 6.07) is 14.9. The molecule has 0 saturated carbocycles. The number of hydrogen-bond acceptors (Lipinski definition) is 3. The van der Waals surface area contributed by atoms with E-state index in [9.17, 15) is 22.4 Å². The zero-order valence-electron chi connectivity index (χ0n) is 15.9. The van der Waals surface area contributed by atoms with Gasteiger partial charge in [0.15, 0.2) is 5.76 Å². The van der Waals surface area contributed by atoms with Gasteiger partial charge in [0.25, 0.3) is 5.91 Å². The van der Waals surface area contributed by atoms with E-state index in [1.54, 1.807) is 12.1 Å². The van der Waals surface area contributed by atoms with Crippen molar-refractivity contribution >= 4 is 5.91 Å². The highest BCUT2D eigenvalue weighted by Crippen LogP contribution is 2.29. The third-order valence-electron chi connectivity index (χ3n) is 4.49. The first-order valence-electron chi connectivity index (χ1n) is 9.15. The van der Waals surface area contributed by atoms with Crippen LogP contribution in [0.3, 0.4) is 0 Å². The highest BCUT2D eigenvalue weighted by atomic mass is 19.4. The van der Waals surface area contributed by atoms with Crippen LogP contribution in [0.2, 0.25) is 0 Å². The number of benzene rings is 2. The number of carbonyl (C=O) groups excluding carboxylic acids is 1. The van der Waals surface area contributed by atoms with Crippen LogP contribution in [0.4, 0.5) is 17.6 Å². The molecule has 0 aliphatic rings. The average molecular weight is 429 g/mol. The summed E-state index contributed by atoms with van der Waals surface area (Å²) in [7, 11) is 0. The number of halogens is 4. The Kier molecular flexibility index (Phi) is 5.33. The van der Waals surface area contributed by atoms with Gasteiger partial charge in [-0.2, -0.15) is 18.3 Å². The van der Waals surface area contributed by atoms with Gasteiger partial charge in [0, 0.05) is 12.6 Å². The maximum atomic E-state index is 13.3. The van der Waals surface area contributed by atoms with E-state index in [1.165, 1.54) is 53.4 Å². The summed E-state index contributed by atoms with van der Waals surface area (Å²) in [5.41, 5.74) is 0.421. The molecule has 5 nitrogen and oxygen atoms in total. The maximum absolute atomic E-state index is 13.3. The number of carbonyl (C=O) groups is 1. The van der Waals surface area contributed by atoms with Crippen LogP contribution in [0, 0.1) is 5.82 Å². The van der Waals surface area contributed by atoms with Gasteiger partial charge < -0.3 is 9.73 Å². The van der Waals surface area contributed by atoms with Crippen LogP contribution in [-0.2, 0) is 12.7 Å². The fourth-order valence-electron chi connectivity index (χ4n) is 3.00. The van der Waals surface area contributed by atoms with E-state index in [0.29, 0.717) is 22.7 Å². The molecule has 2 heterocycles. The van der Waals surface area contributed by atoms with Gasteiger partial charge in [-0.05, 0) is 54.1 Å². The van der Waals surface area contributed by atoms with E-state index in [0.717, 1.165) is 12.1 Å². The molecule has 2 aromatic carbocycles. The van der Waals surface area contributed by atoms with Crippen molar-refractivity contribution in [2.45, 2.75) is 12.7 Å². The predicted molar refractivity (Wildman–Crippen MR) is 104 cm³/mol. The summed E-state index contributed by atoms with van der Waals surface area (Å²) in [6.45, 7) is -0.118. The van der Waals surface area contributed by atoms with E-state index in [1.807, 2.05) is 0 Å². The van der Waals surface area contributed by atoms with Gasteiger partial charge in [-0.1, -0.05) is 12.1 Å². The van der Waals surface area contributed by atoms with Gasteiger partial charge in [-0.15, -0.1) is 0 Å². The molecule has 0 saturated heterocycles. The second kappa shape index (κ2) is 8.10. The lowest BCUT2D eigenvalue weighted by Gasteiger charge is -2.10. The van der Waals surface area contributed by atoms with E-state index >= 15 is 0 Å². The molecule has 0 aliphatic heterocycles. The molecule has 1 amide bonds. The molecule has 0 aliphatic carbocycles. The fraction of sp³-hybridized carbons (Fsp3) is 0.0909. The molecule has 158 valence electrons. The van der Waals surface area contributed by atoms with Crippen molar-refractivity contribution in [2.24, 2.45) is 0 Å². The molecule has 4 aromatic rings. The summed E-state index contributed by atoms with van der Waals surface area (Å²) in [4.78, 5) is 12.8. The van der Waals surface area contributed by atoms with E-state index in [4.69, 9.17) is 4.42 Å². The number of furan rings is 1.